The molecule has 0 aromatic carbocycles. The number of aromatic nitrogens is 2. The summed E-state index contributed by atoms with van der Waals surface area (Å²) >= 11 is 0. The van der Waals surface area contributed by atoms with E-state index in [9.17, 15) is 4.79 Å². The van der Waals surface area contributed by atoms with Crippen LogP contribution in [0.1, 0.15) is 25.1 Å². The number of hydrogen-bond acceptors (Lipinski definition) is 2. The predicted molar refractivity (Wildman–Crippen MR) is 61.8 cm³/mol. The van der Waals surface area contributed by atoms with Gasteiger partial charge in [-0.1, -0.05) is 12.2 Å². The van der Waals surface area contributed by atoms with Crippen molar-refractivity contribution in [3.05, 3.63) is 30.4 Å². The van der Waals surface area contributed by atoms with Gasteiger partial charge in [0.25, 0.3) is 0 Å². The number of rotatable bonds is 5. The average Bonchev–Trinajstić information content (AvgIpc) is 2.90. The molecule has 1 aromatic rings. The highest BCUT2D eigenvalue weighted by Gasteiger charge is 2.13. The molecule has 0 spiro atoms. The highest BCUT2D eigenvalue weighted by atomic mass is 16.1. The van der Waals surface area contributed by atoms with Crippen molar-refractivity contribution >= 4 is 5.91 Å². The molecule has 1 aliphatic rings. The molecule has 4 heteroatoms. The van der Waals surface area contributed by atoms with Gasteiger partial charge in [0.15, 0.2) is 0 Å². The molecule has 86 valence electrons. The SMILES string of the molecule is O=C(CC1C=CCC1)NCCc1ncc[nH]1. The number of nitrogens with zero attached hydrogens (tertiary/aromatic N) is 1. The molecule has 1 unspecified atom stereocenters. The Morgan fingerprint density at radius 1 is 1.62 bits per heavy atom. The highest BCUT2D eigenvalue weighted by Crippen LogP contribution is 2.19. The van der Waals surface area contributed by atoms with E-state index in [1.165, 1.54) is 0 Å². The number of nitrogens with one attached hydrogen (secondary N) is 2. The first kappa shape index (κ1) is 10.9. The maximum absolute atomic E-state index is 11.6. The van der Waals surface area contributed by atoms with E-state index in [0.29, 0.717) is 18.9 Å². The summed E-state index contributed by atoms with van der Waals surface area (Å²) in [4.78, 5) is 18.7. The summed E-state index contributed by atoms with van der Waals surface area (Å²) in [5, 5.41) is 2.92. The number of amides is 1. The van der Waals surface area contributed by atoms with Gasteiger partial charge in [0.2, 0.25) is 5.91 Å². The number of imidazole rings is 1. The molecule has 2 rings (SSSR count). The van der Waals surface area contributed by atoms with Crippen LogP contribution in [0.4, 0.5) is 0 Å². The number of hydrogen-bond donors (Lipinski definition) is 2. The maximum atomic E-state index is 11.6. The summed E-state index contributed by atoms with van der Waals surface area (Å²) in [5.74, 6) is 1.51. The molecule has 0 aliphatic heterocycles. The first-order valence-corrected chi connectivity index (χ1v) is 5.76. The van der Waals surface area contributed by atoms with Gasteiger partial charge in [0.05, 0.1) is 0 Å². The van der Waals surface area contributed by atoms with Crippen molar-refractivity contribution in [3.63, 3.8) is 0 Å². The lowest BCUT2D eigenvalue weighted by Crippen LogP contribution is -2.27. The second kappa shape index (κ2) is 5.49. The van der Waals surface area contributed by atoms with E-state index in [-0.39, 0.29) is 5.91 Å². The van der Waals surface area contributed by atoms with Crippen molar-refractivity contribution in [2.45, 2.75) is 25.7 Å². The van der Waals surface area contributed by atoms with Crippen LogP contribution in [-0.4, -0.2) is 22.4 Å². The molecule has 2 N–H and O–H groups in total. The number of allylic oxidation sites excluding steroid dienone is 2. The zero-order chi connectivity index (χ0) is 11.2. The van der Waals surface area contributed by atoms with Crippen molar-refractivity contribution in [2.24, 2.45) is 5.92 Å². The Morgan fingerprint density at radius 3 is 3.25 bits per heavy atom. The minimum Gasteiger partial charge on any atom is -0.356 e. The van der Waals surface area contributed by atoms with Gasteiger partial charge in [-0.15, -0.1) is 0 Å². The van der Waals surface area contributed by atoms with Crippen molar-refractivity contribution in [3.8, 4) is 0 Å². The normalized spacial score (nSPS) is 18.9. The Morgan fingerprint density at radius 2 is 2.56 bits per heavy atom. The average molecular weight is 219 g/mol. The van der Waals surface area contributed by atoms with Crippen LogP contribution >= 0.6 is 0 Å². The largest absolute Gasteiger partial charge is 0.356 e. The molecule has 0 saturated heterocycles. The first-order valence-electron chi connectivity index (χ1n) is 5.76. The second-order valence-electron chi connectivity index (χ2n) is 4.11. The zero-order valence-electron chi connectivity index (χ0n) is 9.28. The second-order valence-corrected chi connectivity index (χ2v) is 4.11. The number of carbonyl (C=O) groups excluding carboxylic acids is 1. The molecule has 16 heavy (non-hydrogen) atoms. The van der Waals surface area contributed by atoms with Crippen LogP contribution in [0.3, 0.4) is 0 Å². The Labute approximate surface area is 95.2 Å². The molecule has 0 bridgehead atoms. The monoisotopic (exact) mass is 219 g/mol. The molecular weight excluding hydrogens is 202 g/mol. The molecule has 1 aliphatic carbocycles. The van der Waals surface area contributed by atoms with Gasteiger partial charge in [-0.2, -0.15) is 0 Å². The van der Waals surface area contributed by atoms with Crippen molar-refractivity contribution in [1.29, 1.82) is 0 Å². The third-order valence-electron chi connectivity index (χ3n) is 2.80. The Bertz CT molecular complexity index is 356. The molecule has 4 nitrogen and oxygen atoms in total. The lowest BCUT2D eigenvalue weighted by molar-refractivity contribution is -0.121. The van der Waals surface area contributed by atoms with Crippen molar-refractivity contribution in [1.82, 2.24) is 15.3 Å². The van der Waals surface area contributed by atoms with E-state index < -0.39 is 0 Å². The van der Waals surface area contributed by atoms with E-state index in [1.54, 1.807) is 12.4 Å². The molecule has 0 saturated carbocycles. The maximum Gasteiger partial charge on any atom is 0.220 e. The van der Waals surface area contributed by atoms with Crippen LogP contribution < -0.4 is 5.32 Å². The smallest absolute Gasteiger partial charge is 0.220 e. The summed E-state index contributed by atoms with van der Waals surface area (Å²) in [5.41, 5.74) is 0. The quantitative estimate of drug-likeness (QED) is 0.736. The molecular formula is C12H17N3O. The lowest BCUT2D eigenvalue weighted by Gasteiger charge is -2.07. The minimum atomic E-state index is 0.142. The molecule has 0 fully saturated rings. The van der Waals surface area contributed by atoms with Gasteiger partial charge in [-0.05, 0) is 18.8 Å². The van der Waals surface area contributed by atoms with E-state index in [0.717, 1.165) is 25.1 Å². The van der Waals surface area contributed by atoms with Crippen LogP contribution in [0.25, 0.3) is 0 Å². The van der Waals surface area contributed by atoms with Crippen LogP contribution in [0, 0.1) is 5.92 Å². The zero-order valence-corrected chi connectivity index (χ0v) is 9.28. The molecule has 0 radical (unpaired) electrons. The molecule has 1 atom stereocenters. The third kappa shape index (κ3) is 3.22. The van der Waals surface area contributed by atoms with Crippen LogP contribution in [0.5, 0.6) is 0 Å². The molecule has 1 heterocycles. The summed E-state index contributed by atoms with van der Waals surface area (Å²) in [6.45, 7) is 0.656. The Hall–Kier alpha value is -1.58. The van der Waals surface area contributed by atoms with E-state index >= 15 is 0 Å². The van der Waals surface area contributed by atoms with Crippen molar-refractivity contribution < 1.29 is 4.79 Å². The Kier molecular flexibility index (Phi) is 3.75. The third-order valence-corrected chi connectivity index (χ3v) is 2.80. The molecule has 1 amide bonds. The standard InChI is InChI=1S/C12H17N3O/c16-12(9-10-3-1-2-4-10)15-6-5-11-13-7-8-14-11/h1,3,7-8,10H,2,4-6,9H2,(H,13,14)(H,15,16). The van der Waals surface area contributed by atoms with E-state index in [1.807, 2.05) is 0 Å². The summed E-state index contributed by atoms with van der Waals surface area (Å²) in [7, 11) is 0. The number of carbonyl (C=O) groups is 1. The van der Waals surface area contributed by atoms with E-state index in [2.05, 4.69) is 27.4 Å². The van der Waals surface area contributed by atoms with Gasteiger partial charge in [0, 0.05) is 31.8 Å². The van der Waals surface area contributed by atoms with Gasteiger partial charge in [-0.3, -0.25) is 4.79 Å². The van der Waals surface area contributed by atoms with Gasteiger partial charge < -0.3 is 10.3 Å². The van der Waals surface area contributed by atoms with Crippen molar-refractivity contribution in [2.75, 3.05) is 6.54 Å². The predicted octanol–water partition coefficient (Wildman–Crippen LogP) is 1.42. The fraction of sp³-hybridized carbons (Fsp3) is 0.500. The van der Waals surface area contributed by atoms with Gasteiger partial charge >= 0.3 is 0 Å². The summed E-state index contributed by atoms with van der Waals surface area (Å²) in [6, 6.07) is 0. The van der Waals surface area contributed by atoms with E-state index in [4.69, 9.17) is 0 Å². The van der Waals surface area contributed by atoms with Crippen LogP contribution in [0.15, 0.2) is 24.5 Å². The van der Waals surface area contributed by atoms with Gasteiger partial charge in [-0.25, -0.2) is 4.98 Å². The fourth-order valence-electron chi connectivity index (χ4n) is 1.93. The lowest BCUT2D eigenvalue weighted by atomic mass is 10.1. The first-order chi connectivity index (χ1) is 7.84. The van der Waals surface area contributed by atoms with Crippen LogP contribution in [-0.2, 0) is 11.2 Å². The molecule has 1 aromatic heterocycles. The number of H-pyrrole nitrogens is 1. The topological polar surface area (TPSA) is 57.8 Å². The summed E-state index contributed by atoms with van der Waals surface area (Å²) < 4.78 is 0. The van der Waals surface area contributed by atoms with Gasteiger partial charge in [0.1, 0.15) is 5.82 Å². The minimum absolute atomic E-state index is 0.142. The summed E-state index contributed by atoms with van der Waals surface area (Å²) in [6.07, 6.45) is 11.4. The fourth-order valence-corrected chi connectivity index (χ4v) is 1.93. The van der Waals surface area contributed by atoms with Crippen LogP contribution in [0.2, 0.25) is 0 Å². The number of aromatic amines is 1. The highest BCUT2D eigenvalue weighted by molar-refractivity contribution is 5.76. The Balaban J connectivity index is 1.62.